The summed E-state index contributed by atoms with van der Waals surface area (Å²) in [6.45, 7) is 4.71. The van der Waals surface area contributed by atoms with Crippen LogP contribution in [0.25, 0.3) is 0 Å². The monoisotopic (exact) mass is 212 g/mol. The predicted octanol–water partition coefficient (Wildman–Crippen LogP) is -0.597. The lowest BCUT2D eigenvalue weighted by atomic mass is 10.4. The molecule has 1 aromatic heterocycles. The van der Waals surface area contributed by atoms with Gasteiger partial charge in [-0.1, -0.05) is 5.16 Å². The zero-order chi connectivity index (χ0) is 10.5. The summed E-state index contributed by atoms with van der Waals surface area (Å²) < 4.78 is 10.3. The largest absolute Gasteiger partial charge is 0.379 e. The lowest BCUT2D eigenvalue weighted by Crippen LogP contribution is -2.35. The van der Waals surface area contributed by atoms with E-state index < -0.39 is 0 Å². The molecule has 1 fully saturated rings. The predicted molar refractivity (Wildman–Crippen MR) is 53.2 cm³/mol. The fraction of sp³-hybridized carbons (Fsp3) is 0.778. The number of aromatic nitrogens is 2. The van der Waals surface area contributed by atoms with Crippen molar-refractivity contribution < 1.29 is 9.26 Å². The van der Waals surface area contributed by atoms with E-state index in [1.54, 1.807) is 0 Å². The molecule has 1 aromatic rings. The summed E-state index contributed by atoms with van der Waals surface area (Å²) in [4.78, 5) is 6.50. The highest BCUT2D eigenvalue weighted by Gasteiger charge is 2.14. The van der Waals surface area contributed by atoms with Crippen LogP contribution < -0.4 is 5.73 Å². The van der Waals surface area contributed by atoms with E-state index in [9.17, 15) is 0 Å². The van der Waals surface area contributed by atoms with E-state index in [0.717, 1.165) is 38.7 Å². The molecule has 2 N–H and O–H groups in total. The molecule has 84 valence electrons. The summed E-state index contributed by atoms with van der Waals surface area (Å²) in [6, 6.07) is 0. The van der Waals surface area contributed by atoms with Gasteiger partial charge in [0.15, 0.2) is 5.82 Å². The van der Waals surface area contributed by atoms with Gasteiger partial charge in [0.1, 0.15) is 0 Å². The summed E-state index contributed by atoms with van der Waals surface area (Å²) in [5.74, 6) is 1.36. The van der Waals surface area contributed by atoms with Crippen LogP contribution in [0.2, 0.25) is 0 Å². The number of hydrogen-bond donors (Lipinski definition) is 1. The summed E-state index contributed by atoms with van der Waals surface area (Å²) in [5.41, 5.74) is 5.40. The van der Waals surface area contributed by atoms with Gasteiger partial charge < -0.3 is 15.0 Å². The Bertz CT molecular complexity index is 296. The molecule has 1 aliphatic heterocycles. The molecule has 0 saturated carbocycles. The minimum Gasteiger partial charge on any atom is -0.379 e. The van der Waals surface area contributed by atoms with E-state index in [1.807, 2.05) is 0 Å². The molecule has 6 nitrogen and oxygen atoms in total. The number of ether oxygens (including phenoxy) is 1. The smallest absolute Gasteiger partial charge is 0.227 e. The Morgan fingerprint density at radius 3 is 2.87 bits per heavy atom. The lowest BCUT2D eigenvalue weighted by molar-refractivity contribution is 0.0327. The minimum atomic E-state index is 0.541. The molecule has 0 radical (unpaired) electrons. The van der Waals surface area contributed by atoms with Gasteiger partial charge in [-0.2, -0.15) is 4.98 Å². The fourth-order valence-corrected chi connectivity index (χ4v) is 1.54. The van der Waals surface area contributed by atoms with Crippen molar-refractivity contribution in [2.45, 2.75) is 13.0 Å². The third-order valence-corrected chi connectivity index (χ3v) is 2.34. The second-order valence-corrected chi connectivity index (χ2v) is 3.53. The van der Waals surface area contributed by atoms with Gasteiger partial charge in [-0.15, -0.1) is 0 Å². The Hall–Kier alpha value is -0.980. The van der Waals surface area contributed by atoms with E-state index in [2.05, 4.69) is 15.0 Å². The van der Waals surface area contributed by atoms with Crippen molar-refractivity contribution in [2.75, 3.05) is 32.8 Å². The van der Waals surface area contributed by atoms with Gasteiger partial charge >= 0.3 is 0 Å². The molecule has 2 rings (SSSR count). The first kappa shape index (κ1) is 10.5. The molecule has 0 unspecified atom stereocenters. The molecule has 0 aromatic carbocycles. The second-order valence-electron chi connectivity index (χ2n) is 3.53. The molecule has 0 bridgehead atoms. The first-order valence-electron chi connectivity index (χ1n) is 5.20. The Morgan fingerprint density at radius 2 is 2.13 bits per heavy atom. The Labute approximate surface area is 88.4 Å². The van der Waals surface area contributed by atoms with Gasteiger partial charge in [0, 0.05) is 26.1 Å². The molecular formula is C9H16N4O2. The van der Waals surface area contributed by atoms with Crippen LogP contribution in [0, 0.1) is 0 Å². The van der Waals surface area contributed by atoms with Gasteiger partial charge in [-0.05, 0) is 0 Å². The zero-order valence-corrected chi connectivity index (χ0v) is 8.69. The van der Waals surface area contributed by atoms with Crippen molar-refractivity contribution in [3.63, 3.8) is 0 Å². The first-order chi connectivity index (χ1) is 7.38. The van der Waals surface area contributed by atoms with Crippen LogP contribution >= 0.6 is 0 Å². The second kappa shape index (κ2) is 5.20. The van der Waals surface area contributed by atoms with Crippen molar-refractivity contribution in [2.24, 2.45) is 5.73 Å². The molecule has 15 heavy (non-hydrogen) atoms. The fourth-order valence-electron chi connectivity index (χ4n) is 1.54. The van der Waals surface area contributed by atoms with Crippen molar-refractivity contribution in [3.05, 3.63) is 11.7 Å². The number of nitrogens with two attached hydrogens (primary N) is 1. The summed E-state index contributed by atoms with van der Waals surface area (Å²) >= 11 is 0. The van der Waals surface area contributed by atoms with Gasteiger partial charge in [0.05, 0.1) is 19.8 Å². The minimum absolute atomic E-state index is 0.541. The van der Waals surface area contributed by atoms with Crippen LogP contribution in [-0.4, -0.2) is 47.9 Å². The lowest BCUT2D eigenvalue weighted by Gasteiger charge is -2.24. The number of nitrogens with zero attached hydrogens (tertiary/aromatic N) is 3. The highest BCUT2D eigenvalue weighted by Crippen LogP contribution is 2.04. The average Bonchev–Trinajstić information content (AvgIpc) is 2.68. The van der Waals surface area contributed by atoms with Crippen LogP contribution in [0.3, 0.4) is 0 Å². The van der Waals surface area contributed by atoms with E-state index >= 15 is 0 Å². The Morgan fingerprint density at radius 1 is 1.33 bits per heavy atom. The summed E-state index contributed by atoms with van der Waals surface area (Å²) in [6.07, 6.45) is 0.649. The van der Waals surface area contributed by atoms with Crippen LogP contribution in [0.4, 0.5) is 0 Å². The van der Waals surface area contributed by atoms with Crippen LogP contribution in [-0.2, 0) is 17.7 Å². The van der Waals surface area contributed by atoms with Crippen molar-refractivity contribution in [3.8, 4) is 0 Å². The maximum absolute atomic E-state index is 5.40. The summed E-state index contributed by atoms with van der Waals surface area (Å²) in [5, 5.41) is 3.90. The molecule has 1 saturated heterocycles. The number of morpholine rings is 1. The normalized spacial score (nSPS) is 18.2. The van der Waals surface area contributed by atoms with Crippen LogP contribution in [0.5, 0.6) is 0 Å². The third kappa shape index (κ3) is 2.98. The van der Waals surface area contributed by atoms with Gasteiger partial charge in [0.25, 0.3) is 0 Å². The molecule has 1 aliphatic rings. The zero-order valence-electron chi connectivity index (χ0n) is 8.69. The Kier molecular flexibility index (Phi) is 3.65. The number of hydrogen-bond acceptors (Lipinski definition) is 6. The molecule has 0 spiro atoms. The first-order valence-corrected chi connectivity index (χ1v) is 5.20. The van der Waals surface area contributed by atoms with E-state index in [1.165, 1.54) is 0 Å². The molecule has 2 heterocycles. The van der Waals surface area contributed by atoms with Crippen LogP contribution in [0.15, 0.2) is 4.52 Å². The topological polar surface area (TPSA) is 77.4 Å². The van der Waals surface area contributed by atoms with Gasteiger partial charge in [-0.25, -0.2) is 0 Å². The van der Waals surface area contributed by atoms with Crippen LogP contribution in [0.1, 0.15) is 11.7 Å². The van der Waals surface area contributed by atoms with Crippen molar-refractivity contribution >= 4 is 0 Å². The molecule has 6 heteroatoms. The highest BCUT2D eigenvalue weighted by atomic mass is 16.5. The maximum atomic E-state index is 5.40. The van der Waals surface area contributed by atoms with Crippen molar-refractivity contribution in [1.82, 2.24) is 15.0 Å². The number of rotatable bonds is 4. The Balaban J connectivity index is 1.86. The maximum Gasteiger partial charge on any atom is 0.227 e. The molecular weight excluding hydrogens is 196 g/mol. The molecule has 0 aliphatic carbocycles. The van der Waals surface area contributed by atoms with E-state index in [0.29, 0.717) is 18.9 Å². The highest BCUT2D eigenvalue weighted by molar-refractivity contribution is 4.87. The SMILES string of the molecule is NCCc1nc(CN2CCOCC2)no1. The third-order valence-electron chi connectivity index (χ3n) is 2.34. The van der Waals surface area contributed by atoms with Crippen molar-refractivity contribution in [1.29, 1.82) is 0 Å². The average molecular weight is 212 g/mol. The molecule has 0 amide bonds. The standard InChI is InChI=1S/C9H16N4O2/c10-2-1-9-11-8(12-15-9)7-13-3-5-14-6-4-13/h1-7,10H2. The van der Waals surface area contributed by atoms with E-state index in [4.69, 9.17) is 15.0 Å². The molecule has 0 atom stereocenters. The van der Waals surface area contributed by atoms with E-state index in [-0.39, 0.29) is 0 Å². The quantitative estimate of drug-likeness (QED) is 0.718. The van der Waals surface area contributed by atoms with Gasteiger partial charge in [-0.3, -0.25) is 4.90 Å². The van der Waals surface area contributed by atoms with Gasteiger partial charge in [0.2, 0.25) is 5.89 Å². The summed E-state index contributed by atoms with van der Waals surface area (Å²) in [7, 11) is 0.